The van der Waals surface area contributed by atoms with Crippen molar-refractivity contribution in [2.75, 3.05) is 7.05 Å². The highest BCUT2D eigenvalue weighted by molar-refractivity contribution is 6.30. The van der Waals surface area contributed by atoms with E-state index in [9.17, 15) is 9.59 Å². The molecule has 7 nitrogen and oxygen atoms in total. The fourth-order valence-corrected chi connectivity index (χ4v) is 5.87. The summed E-state index contributed by atoms with van der Waals surface area (Å²) >= 11 is 6.13. The van der Waals surface area contributed by atoms with Crippen LogP contribution in [0, 0.1) is 0 Å². The summed E-state index contributed by atoms with van der Waals surface area (Å²) in [4.78, 5) is 30.0. The van der Waals surface area contributed by atoms with Gasteiger partial charge in [-0.05, 0) is 112 Å². The molecule has 0 unspecified atom stereocenters. The van der Waals surface area contributed by atoms with E-state index in [0.717, 1.165) is 46.6 Å². The molecule has 0 bridgehead atoms. The first-order valence-corrected chi connectivity index (χ1v) is 16.2. The topological polar surface area (TPSA) is 82.4 Å². The maximum atomic E-state index is 12.6. The third-order valence-corrected chi connectivity index (χ3v) is 8.31. The van der Waals surface area contributed by atoms with Crippen molar-refractivity contribution in [3.05, 3.63) is 100 Å². The highest BCUT2D eigenvalue weighted by Gasteiger charge is 2.22. The van der Waals surface area contributed by atoms with Crippen molar-refractivity contribution in [3.8, 4) is 28.3 Å². The Morgan fingerprint density at radius 1 is 0.978 bits per heavy atom. The van der Waals surface area contributed by atoms with Crippen molar-refractivity contribution in [1.82, 2.24) is 14.9 Å². The second-order valence-electron chi connectivity index (χ2n) is 12.8. The van der Waals surface area contributed by atoms with Gasteiger partial charge in [0.2, 0.25) is 0 Å². The second kappa shape index (κ2) is 14.4. The second-order valence-corrected chi connectivity index (χ2v) is 13.2. The molecule has 1 aliphatic rings. The van der Waals surface area contributed by atoms with Crippen LogP contribution in [0.25, 0.3) is 28.6 Å². The number of nitrogens with zero attached hydrogens (tertiary/aromatic N) is 2. The van der Waals surface area contributed by atoms with E-state index in [0.29, 0.717) is 28.0 Å². The number of halogens is 1. The standard InChI is InChI=1S/C38H42ClN3O4/c1-25(37(44)46-38(2,3)4)21-31-23-42(32-9-7-6-8-10-32)35(41-31)27-13-18-33(19-14-27)45-24-29-22-28(36(43)40-5)15-20-34(29)26-11-16-30(39)17-12-26/h11-23,32H,6-10,24H2,1-5H3,(H,40,43)/b25-21+. The summed E-state index contributed by atoms with van der Waals surface area (Å²) in [5.74, 6) is 1.07. The molecule has 0 aliphatic heterocycles. The van der Waals surface area contributed by atoms with Crippen LogP contribution in [-0.4, -0.2) is 34.1 Å². The number of imidazole rings is 1. The van der Waals surface area contributed by atoms with Gasteiger partial charge >= 0.3 is 5.97 Å². The first-order valence-electron chi connectivity index (χ1n) is 15.9. The molecule has 0 radical (unpaired) electrons. The SMILES string of the molecule is CNC(=O)c1ccc(-c2ccc(Cl)cc2)c(COc2ccc(-c3nc(/C=C(\C)C(=O)OC(C)(C)C)cn3C3CCCCC3)cc2)c1. The third-order valence-electron chi connectivity index (χ3n) is 8.06. The number of hydrogen-bond donors (Lipinski definition) is 1. The molecule has 5 rings (SSSR count). The fourth-order valence-electron chi connectivity index (χ4n) is 5.74. The van der Waals surface area contributed by atoms with E-state index in [1.165, 1.54) is 19.3 Å². The molecule has 0 spiro atoms. The van der Waals surface area contributed by atoms with E-state index in [4.69, 9.17) is 26.1 Å². The molecule has 1 saturated carbocycles. The molecule has 1 aromatic heterocycles. The zero-order valence-electron chi connectivity index (χ0n) is 27.2. The number of ether oxygens (including phenoxy) is 2. The van der Waals surface area contributed by atoms with Crippen molar-refractivity contribution >= 4 is 29.6 Å². The molecule has 46 heavy (non-hydrogen) atoms. The van der Waals surface area contributed by atoms with Crippen molar-refractivity contribution in [1.29, 1.82) is 0 Å². The van der Waals surface area contributed by atoms with Crippen LogP contribution in [0.15, 0.2) is 78.5 Å². The molecular weight excluding hydrogens is 598 g/mol. The summed E-state index contributed by atoms with van der Waals surface area (Å²) < 4.78 is 14.1. The monoisotopic (exact) mass is 639 g/mol. The van der Waals surface area contributed by atoms with Crippen LogP contribution < -0.4 is 10.1 Å². The molecular formula is C38H42ClN3O4. The molecule has 8 heteroatoms. The average molecular weight is 640 g/mol. The highest BCUT2D eigenvalue weighted by atomic mass is 35.5. The maximum Gasteiger partial charge on any atom is 0.334 e. The Morgan fingerprint density at radius 3 is 2.30 bits per heavy atom. The summed E-state index contributed by atoms with van der Waals surface area (Å²) in [6.07, 6.45) is 9.70. The molecule has 1 amide bonds. The van der Waals surface area contributed by atoms with E-state index in [-0.39, 0.29) is 18.5 Å². The first-order chi connectivity index (χ1) is 22.0. The maximum absolute atomic E-state index is 12.6. The van der Waals surface area contributed by atoms with E-state index < -0.39 is 5.60 Å². The zero-order chi connectivity index (χ0) is 32.8. The molecule has 3 aromatic carbocycles. The number of benzene rings is 3. The van der Waals surface area contributed by atoms with Crippen molar-refractivity contribution in [2.45, 2.75) is 78.0 Å². The Hall–Kier alpha value is -4.36. The summed E-state index contributed by atoms with van der Waals surface area (Å²) in [7, 11) is 1.62. The molecule has 240 valence electrons. The van der Waals surface area contributed by atoms with Gasteiger partial charge in [-0.1, -0.05) is 49.1 Å². The Labute approximate surface area is 276 Å². The lowest BCUT2D eigenvalue weighted by atomic mass is 9.95. The Kier molecular flexibility index (Phi) is 10.3. The van der Waals surface area contributed by atoms with E-state index in [1.54, 1.807) is 20.0 Å². The van der Waals surface area contributed by atoms with E-state index in [1.807, 2.05) is 87.5 Å². The molecule has 4 aromatic rings. The van der Waals surface area contributed by atoms with Gasteiger partial charge in [0.25, 0.3) is 5.91 Å². The molecule has 1 N–H and O–H groups in total. The van der Waals surface area contributed by atoms with Gasteiger partial charge in [-0.2, -0.15) is 0 Å². The normalized spacial score (nSPS) is 14.2. The number of esters is 1. The minimum atomic E-state index is -0.563. The van der Waals surface area contributed by atoms with Gasteiger partial charge in [-0.15, -0.1) is 0 Å². The number of hydrogen-bond acceptors (Lipinski definition) is 5. The smallest absolute Gasteiger partial charge is 0.334 e. The predicted molar refractivity (Wildman–Crippen MR) is 184 cm³/mol. The first kappa shape index (κ1) is 33.0. The van der Waals surface area contributed by atoms with Crippen molar-refractivity contribution in [3.63, 3.8) is 0 Å². The van der Waals surface area contributed by atoms with Gasteiger partial charge in [-0.3, -0.25) is 4.79 Å². The molecule has 1 aliphatic carbocycles. The van der Waals surface area contributed by atoms with Gasteiger partial charge in [0.15, 0.2) is 0 Å². The number of nitrogens with one attached hydrogen (secondary N) is 1. The van der Waals surface area contributed by atoms with Crippen molar-refractivity contribution < 1.29 is 19.1 Å². The lowest BCUT2D eigenvalue weighted by molar-refractivity contribution is -0.149. The lowest BCUT2D eigenvalue weighted by Crippen LogP contribution is -2.24. The summed E-state index contributed by atoms with van der Waals surface area (Å²) in [5.41, 5.74) is 5.06. The highest BCUT2D eigenvalue weighted by Crippen LogP contribution is 2.34. The summed E-state index contributed by atoms with van der Waals surface area (Å²) in [5, 5.41) is 3.35. The molecule has 1 heterocycles. The molecule has 0 saturated heterocycles. The van der Waals surface area contributed by atoms with Gasteiger partial charge in [-0.25, -0.2) is 9.78 Å². The average Bonchev–Trinajstić information content (AvgIpc) is 3.47. The number of carbonyl (C=O) groups is 2. The summed E-state index contributed by atoms with van der Waals surface area (Å²) in [6, 6.07) is 21.5. The Balaban J connectivity index is 1.40. The fraction of sp³-hybridized carbons (Fsp3) is 0.342. The van der Waals surface area contributed by atoms with Crippen LogP contribution in [0.4, 0.5) is 0 Å². The van der Waals surface area contributed by atoms with E-state index in [2.05, 4.69) is 16.1 Å². The van der Waals surface area contributed by atoms with Crippen LogP contribution >= 0.6 is 11.6 Å². The predicted octanol–water partition coefficient (Wildman–Crippen LogP) is 9.06. The van der Waals surface area contributed by atoms with Crippen LogP contribution in [0.5, 0.6) is 5.75 Å². The largest absolute Gasteiger partial charge is 0.489 e. The number of carbonyl (C=O) groups excluding carboxylic acids is 2. The van der Waals surface area contributed by atoms with Crippen LogP contribution in [0.3, 0.4) is 0 Å². The Bertz CT molecular complexity index is 1710. The number of rotatable bonds is 9. The lowest BCUT2D eigenvalue weighted by Gasteiger charge is -2.24. The van der Waals surface area contributed by atoms with Crippen LogP contribution in [-0.2, 0) is 16.1 Å². The van der Waals surface area contributed by atoms with Crippen LogP contribution in [0.2, 0.25) is 5.02 Å². The van der Waals surface area contributed by atoms with Gasteiger partial charge in [0, 0.05) is 41.0 Å². The van der Waals surface area contributed by atoms with Crippen molar-refractivity contribution in [2.24, 2.45) is 0 Å². The van der Waals surface area contributed by atoms with Gasteiger partial charge in [0.05, 0.1) is 5.69 Å². The molecule has 0 atom stereocenters. The van der Waals surface area contributed by atoms with Gasteiger partial charge < -0.3 is 19.4 Å². The van der Waals surface area contributed by atoms with E-state index >= 15 is 0 Å². The number of aromatic nitrogens is 2. The third kappa shape index (κ3) is 8.26. The quantitative estimate of drug-likeness (QED) is 0.146. The van der Waals surface area contributed by atoms with Gasteiger partial charge in [0.1, 0.15) is 23.8 Å². The molecule has 1 fully saturated rings. The van der Waals surface area contributed by atoms with Crippen LogP contribution in [0.1, 0.15) is 87.5 Å². The Morgan fingerprint density at radius 2 is 1.65 bits per heavy atom. The minimum Gasteiger partial charge on any atom is -0.489 e. The zero-order valence-corrected chi connectivity index (χ0v) is 28.0. The summed E-state index contributed by atoms with van der Waals surface area (Å²) in [6.45, 7) is 7.63. The minimum absolute atomic E-state index is 0.155. The number of amides is 1.